The Morgan fingerprint density at radius 3 is 2.20 bits per heavy atom. The molecule has 0 aliphatic carbocycles. The Morgan fingerprint density at radius 1 is 0.956 bits per heavy atom. The summed E-state index contributed by atoms with van der Waals surface area (Å²) in [7, 11) is 0. The lowest BCUT2D eigenvalue weighted by Gasteiger charge is -2.45. The smallest absolute Gasteiger partial charge is 0.437 e. The van der Waals surface area contributed by atoms with Crippen LogP contribution in [0, 0.1) is 0 Å². The van der Waals surface area contributed by atoms with Gasteiger partial charge < -0.3 is 30.7 Å². The van der Waals surface area contributed by atoms with E-state index in [1.807, 2.05) is 18.2 Å². The molecule has 2 saturated heterocycles. The first-order chi connectivity index (χ1) is 21.3. The van der Waals surface area contributed by atoms with Crippen LogP contribution in [0.1, 0.15) is 58.1 Å². The van der Waals surface area contributed by atoms with Crippen molar-refractivity contribution in [1.29, 1.82) is 0 Å². The first-order valence-electron chi connectivity index (χ1n) is 14.8. The number of carbonyl (C=O) groups excluding carboxylic acids is 5. The maximum atomic E-state index is 13.9. The van der Waals surface area contributed by atoms with Gasteiger partial charge in [0.2, 0.25) is 11.9 Å². The van der Waals surface area contributed by atoms with Crippen LogP contribution in [0.5, 0.6) is 0 Å². The number of nitrogens with two attached hydrogens (primary N) is 1. The molecule has 0 spiro atoms. The molecule has 4 N–H and O–H groups in total. The van der Waals surface area contributed by atoms with Gasteiger partial charge in [-0.15, -0.1) is 4.99 Å². The van der Waals surface area contributed by atoms with E-state index < -0.39 is 53.1 Å². The number of benzene rings is 2. The van der Waals surface area contributed by atoms with E-state index >= 15 is 0 Å². The maximum absolute atomic E-state index is 13.9. The van der Waals surface area contributed by atoms with Crippen LogP contribution in [0.25, 0.3) is 0 Å². The number of hydrogen-bond donors (Lipinski definition) is 3. The first-order valence-corrected chi connectivity index (χ1v) is 14.8. The standard InChI is InChI=1S/C32H40N6O7/c1-31(2,3)45-30(43)36-32(4,22-14-9-6-10-15-22)27(41)37-19-17-24(37)25(39)34-23-16-11-18-38(26(23)40)28(33)35-29(42)44-20-21-12-7-5-8-13-21/h5-10,12-15,23-24H,11,16-20H2,1-4H3,(H,34,39)(H,36,43)(H2,33,35,42)/t23-,24-,32+/m0/s1. The molecule has 0 unspecified atom stereocenters. The third-order valence-electron chi connectivity index (χ3n) is 7.56. The van der Waals surface area contributed by atoms with Crippen molar-refractivity contribution in [1.82, 2.24) is 20.4 Å². The summed E-state index contributed by atoms with van der Waals surface area (Å²) in [5, 5.41) is 5.45. The molecule has 13 nitrogen and oxygen atoms in total. The number of ether oxygens (including phenoxy) is 2. The number of guanidine groups is 1. The average molecular weight is 621 g/mol. The zero-order chi connectivity index (χ0) is 32.8. The minimum atomic E-state index is -1.53. The zero-order valence-electron chi connectivity index (χ0n) is 25.9. The van der Waals surface area contributed by atoms with Crippen LogP contribution in [-0.4, -0.2) is 76.4 Å². The Balaban J connectivity index is 1.40. The van der Waals surface area contributed by atoms with Crippen molar-refractivity contribution in [3.63, 3.8) is 0 Å². The predicted octanol–water partition coefficient (Wildman–Crippen LogP) is 2.79. The van der Waals surface area contributed by atoms with E-state index in [0.717, 1.165) is 10.5 Å². The minimum Gasteiger partial charge on any atom is -0.444 e. The lowest BCUT2D eigenvalue weighted by Crippen LogP contribution is -2.67. The molecule has 0 radical (unpaired) electrons. The summed E-state index contributed by atoms with van der Waals surface area (Å²) < 4.78 is 10.5. The summed E-state index contributed by atoms with van der Waals surface area (Å²) in [4.78, 5) is 71.8. The quantitative estimate of drug-likeness (QED) is 0.313. The fraction of sp³-hybridized carbons (Fsp3) is 0.438. The second-order valence-corrected chi connectivity index (χ2v) is 12.1. The molecule has 0 aromatic heterocycles. The predicted molar refractivity (Wildman–Crippen MR) is 164 cm³/mol. The molecule has 2 aliphatic rings. The van der Waals surface area contributed by atoms with Crippen LogP contribution in [0.2, 0.25) is 0 Å². The molecule has 4 rings (SSSR count). The Morgan fingerprint density at radius 2 is 1.60 bits per heavy atom. The third kappa shape index (κ3) is 8.16. The highest BCUT2D eigenvalue weighted by Crippen LogP contribution is 2.30. The number of nitrogens with zero attached hydrogens (tertiary/aromatic N) is 3. The maximum Gasteiger partial charge on any atom is 0.437 e. The highest BCUT2D eigenvalue weighted by atomic mass is 16.6. The lowest BCUT2D eigenvalue weighted by atomic mass is 9.87. The molecular formula is C32H40N6O7. The fourth-order valence-corrected chi connectivity index (χ4v) is 5.13. The molecule has 2 fully saturated rings. The number of alkyl carbamates (subject to hydrolysis) is 1. The topological polar surface area (TPSA) is 173 Å². The number of carbonyl (C=O) groups is 5. The van der Waals surface area contributed by atoms with Crippen LogP contribution >= 0.6 is 0 Å². The largest absolute Gasteiger partial charge is 0.444 e. The lowest BCUT2D eigenvalue weighted by molar-refractivity contribution is -0.153. The SMILES string of the molecule is CC(C)(C)OC(=O)N[C@@](C)(C(=O)N1CC[C@H]1C(=O)N[C@H]1CCCN(/C(N)=N/C(=O)OCc2ccccc2)C1=O)c1ccccc1. The van der Waals surface area contributed by atoms with Gasteiger partial charge in [0, 0.05) is 13.1 Å². The van der Waals surface area contributed by atoms with Crippen LogP contribution in [-0.2, 0) is 36.0 Å². The molecule has 2 aromatic carbocycles. The van der Waals surface area contributed by atoms with E-state index in [2.05, 4.69) is 15.6 Å². The van der Waals surface area contributed by atoms with Gasteiger partial charge in [0.25, 0.3) is 11.8 Å². The molecular weight excluding hydrogens is 580 g/mol. The van der Waals surface area contributed by atoms with Gasteiger partial charge >= 0.3 is 12.2 Å². The van der Waals surface area contributed by atoms with E-state index in [4.69, 9.17) is 15.2 Å². The molecule has 45 heavy (non-hydrogen) atoms. The number of amides is 5. The molecule has 13 heteroatoms. The molecule has 3 atom stereocenters. The Kier molecular flexibility index (Phi) is 10.1. The fourth-order valence-electron chi connectivity index (χ4n) is 5.13. The normalized spacial score (nSPS) is 19.9. The van der Waals surface area contributed by atoms with Crippen molar-refractivity contribution < 1.29 is 33.4 Å². The number of nitrogens with one attached hydrogen (secondary N) is 2. The van der Waals surface area contributed by atoms with Crippen molar-refractivity contribution >= 4 is 35.9 Å². The second kappa shape index (κ2) is 13.8. The van der Waals surface area contributed by atoms with Crippen molar-refractivity contribution in [2.24, 2.45) is 10.7 Å². The zero-order valence-corrected chi connectivity index (χ0v) is 25.9. The summed E-state index contributed by atoms with van der Waals surface area (Å²) in [5.41, 5.74) is 4.95. The number of rotatable bonds is 7. The number of likely N-dealkylation sites (tertiary alicyclic amines) is 2. The van der Waals surface area contributed by atoms with E-state index in [-0.39, 0.29) is 25.7 Å². The minimum absolute atomic E-state index is 0.00367. The molecule has 0 bridgehead atoms. The molecule has 5 amide bonds. The Bertz CT molecular complexity index is 1440. The summed E-state index contributed by atoms with van der Waals surface area (Å²) in [6, 6.07) is 15.9. The highest BCUT2D eigenvalue weighted by Gasteiger charge is 2.48. The Labute approximate surface area is 262 Å². The van der Waals surface area contributed by atoms with Crippen molar-refractivity contribution in [2.75, 3.05) is 13.1 Å². The van der Waals surface area contributed by atoms with Gasteiger partial charge in [-0.25, -0.2) is 9.59 Å². The molecule has 2 heterocycles. The van der Waals surface area contributed by atoms with Crippen LogP contribution in [0.4, 0.5) is 9.59 Å². The van der Waals surface area contributed by atoms with Gasteiger partial charge in [-0.1, -0.05) is 60.7 Å². The number of hydrogen-bond acceptors (Lipinski definition) is 7. The van der Waals surface area contributed by atoms with E-state index in [1.54, 1.807) is 70.2 Å². The Hall–Kier alpha value is -4.94. The molecule has 0 saturated carbocycles. The van der Waals surface area contributed by atoms with Gasteiger partial charge in [-0.2, -0.15) is 0 Å². The van der Waals surface area contributed by atoms with E-state index in [9.17, 15) is 24.0 Å². The van der Waals surface area contributed by atoms with Gasteiger partial charge in [0.05, 0.1) is 0 Å². The molecule has 2 aliphatic heterocycles. The van der Waals surface area contributed by atoms with Crippen molar-refractivity contribution in [3.8, 4) is 0 Å². The first kappa shape index (κ1) is 33.0. The summed E-state index contributed by atoms with van der Waals surface area (Å²) in [6.07, 6.45) is -0.517. The van der Waals surface area contributed by atoms with E-state index in [1.165, 1.54) is 4.90 Å². The molecule has 240 valence electrons. The van der Waals surface area contributed by atoms with Crippen molar-refractivity contribution in [2.45, 2.75) is 76.8 Å². The van der Waals surface area contributed by atoms with Gasteiger partial charge in [-0.3, -0.25) is 19.3 Å². The molecule has 2 aromatic rings. The average Bonchev–Trinajstić information content (AvgIpc) is 2.96. The van der Waals surface area contributed by atoms with Crippen LogP contribution < -0.4 is 16.4 Å². The summed E-state index contributed by atoms with van der Waals surface area (Å²) >= 11 is 0. The summed E-state index contributed by atoms with van der Waals surface area (Å²) in [6.45, 7) is 7.21. The third-order valence-corrected chi connectivity index (χ3v) is 7.56. The van der Waals surface area contributed by atoms with Crippen LogP contribution in [0.15, 0.2) is 65.7 Å². The number of piperidine rings is 1. The van der Waals surface area contributed by atoms with Gasteiger partial charge in [-0.05, 0) is 58.1 Å². The van der Waals surface area contributed by atoms with Crippen LogP contribution in [0.3, 0.4) is 0 Å². The van der Waals surface area contributed by atoms with Gasteiger partial charge in [0.15, 0.2) is 0 Å². The highest BCUT2D eigenvalue weighted by molar-refractivity contribution is 6.04. The monoisotopic (exact) mass is 620 g/mol. The number of aliphatic imine (C=N–C) groups is 1. The van der Waals surface area contributed by atoms with E-state index in [0.29, 0.717) is 24.8 Å². The van der Waals surface area contributed by atoms with Gasteiger partial charge in [0.1, 0.15) is 29.8 Å². The second-order valence-electron chi connectivity index (χ2n) is 12.1. The van der Waals surface area contributed by atoms with Crippen molar-refractivity contribution in [3.05, 3.63) is 71.8 Å². The summed E-state index contributed by atoms with van der Waals surface area (Å²) in [5.74, 6) is -1.86.